The quantitative estimate of drug-likeness (QED) is 0.427. The van der Waals surface area contributed by atoms with Crippen molar-refractivity contribution in [3.05, 3.63) is 64.8 Å². The monoisotopic (exact) mass is 472 g/mol. The zero-order valence-corrected chi connectivity index (χ0v) is 19.5. The lowest BCUT2D eigenvalue weighted by Gasteiger charge is -2.18. The zero-order valence-electron chi connectivity index (χ0n) is 18.7. The molecule has 0 radical (unpaired) electrons. The average molecular weight is 473 g/mol. The van der Waals surface area contributed by atoms with E-state index in [1.807, 2.05) is 52.5 Å². The van der Waals surface area contributed by atoms with Gasteiger partial charge >= 0.3 is 0 Å². The third-order valence-corrected chi connectivity index (χ3v) is 7.41. The Bertz CT molecular complexity index is 1390. The normalized spacial score (nSPS) is 23.3. The standard InChI is InChI=1S/C26H24N4O3S/c1-32-23-5-3-2-4-20(23)29-26-30(27-13-19-11-16-6-7-17(19)10-16)22(15-34-26)18-8-9-24-21(12-18)28-25(31)14-33-24/h2-9,12-13,15-17,19H,10-11,14H2,1H3,(H,28,31). The minimum atomic E-state index is -0.155. The molecule has 8 heteroatoms. The number of carbonyl (C=O) groups is 1. The number of thiazole rings is 1. The lowest BCUT2D eigenvalue weighted by molar-refractivity contribution is -0.118. The number of methoxy groups -OCH3 is 1. The Morgan fingerprint density at radius 3 is 2.94 bits per heavy atom. The summed E-state index contributed by atoms with van der Waals surface area (Å²) in [4.78, 5) is 17.5. The van der Waals surface area contributed by atoms with Gasteiger partial charge in [-0.1, -0.05) is 24.3 Å². The Hall–Kier alpha value is -3.65. The van der Waals surface area contributed by atoms with Crippen molar-refractivity contribution >= 4 is 34.8 Å². The number of benzene rings is 2. The minimum Gasteiger partial charge on any atom is -0.494 e. The van der Waals surface area contributed by atoms with Gasteiger partial charge in [0.2, 0.25) is 4.80 Å². The molecule has 3 aliphatic rings. The summed E-state index contributed by atoms with van der Waals surface area (Å²) in [6.45, 7) is 0.0367. The molecular formula is C26H24N4O3S. The first-order valence-corrected chi connectivity index (χ1v) is 12.2. The third-order valence-electron chi connectivity index (χ3n) is 6.60. The van der Waals surface area contributed by atoms with E-state index in [1.165, 1.54) is 17.8 Å². The highest BCUT2D eigenvalue weighted by Gasteiger charge is 2.34. The number of hydrogen-bond acceptors (Lipinski definition) is 6. The van der Waals surface area contributed by atoms with Crippen molar-refractivity contribution in [3.8, 4) is 22.8 Å². The summed E-state index contributed by atoms with van der Waals surface area (Å²) in [7, 11) is 1.65. The fraction of sp³-hybridized carbons (Fsp3) is 0.269. The molecule has 6 rings (SSSR count). The van der Waals surface area contributed by atoms with Crippen molar-refractivity contribution in [2.45, 2.75) is 12.8 Å². The van der Waals surface area contributed by atoms with Gasteiger partial charge in [0.25, 0.3) is 5.91 Å². The molecule has 2 bridgehead atoms. The number of aromatic nitrogens is 1. The Balaban J connectivity index is 1.44. The number of anilines is 1. The van der Waals surface area contributed by atoms with Crippen LogP contribution in [0.25, 0.3) is 11.3 Å². The van der Waals surface area contributed by atoms with Crippen LogP contribution in [-0.4, -0.2) is 30.5 Å². The average Bonchev–Trinajstić information content (AvgIpc) is 3.59. The fourth-order valence-electron chi connectivity index (χ4n) is 4.90. The molecule has 2 aromatic carbocycles. The van der Waals surface area contributed by atoms with Gasteiger partial charge in [0, 0.05) is 23.1 Å². The molecule has 1 aliphatic heterocycles. The number of fused-ring (bicyclic) bond motifs is 3. The van der Waals surface area contributed by atoms with E-state index in [0.29, 0.717) is 34.9 Å². The van der Waals surface area contributed by atoms with Gasteiger partial charge in [-0.2, -0.15) is 5.10 Å². The van der Waals surface area contributed by atoms with Crippen LogP contribution in [0.2, 0.25) is 0 Å². The molecule has 2 heterocycles. The maximum atomic E-state index is 11.8. The summed E-state index contributed by atoms with van der Waals surface area (Å²) in [5, 5.41) is 9.87. The number of carbonyl (C=O) groups excluding carboxylic acids is 1. The molecule has 1 fully saturated rings. The maximum absolute atomic E-state index is 11.8. The van der Waals surface area contributed by atoms with Crippen molar-refractivity contribution in [1.29, 1.82) is 0 Å². The first-order chi connectivity index (χ1) is 16.7. The van der Waals surface area contributed by atoms with Crippen molar-refractivity contribution in [3.63, 3.8) is 0 Å². The van der Waals surface area contributed by atoms with Crippen LogP contribution in [0.5, 0.6) is 11.5 Å². The van der Waals surface area contributed by atoms with Crippen molar-refractivity contribution in [1.82, 2.24) is 4.68 Å². The zero-order chi connectivity index (χ0) is 23.1. The molecule has 1 amide bonds. The summed E-state index contributed by atoms with van der Waals surface area (Å²) in [6.07, 6.45) is 9.11. The molecular weight excluding hydrogens is 448 g/mol. The number of nitrogens with one attached hydrogen (secondary N) is 1. The van der Waals surface area contributed by atoms with Crippen LogP contribution in [0.4, 0.5) is 11.4 Å². The van der Waals surface area contributed by atoms with E-state index < -0.39 is 0 Å². The van der Waals surface area contributed by atoms with Crippen LogP contribution in [-0.2, 0) is 4.79 Å². The van der Waals surface area contributed by atoms with E-state index in [9.17, 15) is 4.79 Å². The molecule has 3 unspecified atom stereocenters. The smallest absolute Gasteiger partial charge is 0.262 e. The van der Waals surface area contributed by atoms with Crippen molar-refractivity contribution in [2.24, 2.45) is 27.8 Å². The van der Waals surface area contributed by atoms with Gasteiger partial charge in [-0.05, 0) is 55.0 Å². The van der Waals surface area contributed by atoms with E-state index in [4.69, 9.17) is 19.6 Å². The molecule has 1 aromatic heterocycles. The Morgan fingerprint density at radius 1 is 1.21 bits per heavy atom. The van der Waals surface area contributed by atoms with Gasteiger partial charge in [0.05, 0.1) is 18.5 Å². The Labute approximate surface area is 201 Å². The first-order valence-electron chi connectivity index (χ1n) is 11.4. The minimum absolute atomic E-state index is 0.0367. The first kappa shape index (κ1) is 20.9. The summed E-state index contributed by atoms with van der Waals surface area (Å²) in [6, 6.07) is 13.5. The number of hydrogen-bond donors (Lipinski definition) is 1. The molecule has 0 spiro atoms. The summed E-state index contributed by atoms with van der Waals surface area (Å²) >= 11 is 1.52. The molecule has 2 aliphatic carbocycles. The molecule has 1 saturated carbocycles. The second-order valence-electron chi connectivity index (χ2n) is 8.76. The second kappa shape index (κ2) is 8.61. The van der Waals surface area contributed by atoms with Crippen LogP contribution < -0.4 is 19.6 Å². The maximum Gasteiger partial charge on any atom is 0.262 e. The molecule has 7 nitrogen and oxygen atoms in total. The number of ether oxygens (including phenoxy) is 2. The van der Waals surface area contributed by atoms with E-state index >= 15 is 0 Å². The predicted octanol–water partition coefficient (Wildman–Crippen LogP) is 4.83. The van der Waals surface area contributed by atoms with E-state index in [1.54, 1.807) is 7.11 Å². The Kier molecular flexibility index (Phi) is 5.30. The van der Waals surface area contributed by atoms with Gasteiger partial charge in [0.1, 0.15) is 17.2 Å². The largest absolute Gasteiger partial charge is 0.494 e. The summed E-state index contributed by atoms with van der Waals surface area (Å²) in [5.41, 5.74) is 3.23. The van der Waals surface area contributed by atoms with Crippen LogP contribution in [0.1, 0.15) is 12.8 Å². The summed E-state index contributed by atoms with van der Waals surface area (Å²) in [5.74, 6) is 2.90. The van der Waals surface area contributed by atoms with E-state index in [2.05, 4.69) is 23.7 Å². The number of nitrogens with zero attached hydrogens (tertiary/aromatic N) is 3. The number of amides is 1. The van der Waals surface area contributed by atoms with Gasteiger partial charge in [-0.15, -0.1) is 11.3 Å². The lowest BCUT2D eigenvalue weighted by atomic mass is 9.95. The van der Waals surface area contributed by atoms with Crippen LogP contribution in [0.15, 0.2) is 70.1 Å². The highest BCUT2D eigenvalue weighted by atomic mass is 32.1. The number of allylic oxidation sites excluding steroid dienone is 2. The van der Waals surface area contributed by atoms with Gasteiger partial charge in [0.15, 0.2) is 6.61 Å². The number of rotatable bonds is 5. The SMILES string of the molecule is COc1ccccc1N=c1scc(-c2ccc3c(c2)NC(=O)CO3)n1N=CC1CC2C=CC1C2. The molecule has 0 saturated heterocycles. The van der Waals surface area contributed by atoms with Crippen molar-refractivity contribution in [2.75, 3.05) is 19.0 Å². The topological polar surface area (TPSA) is 77.2 Å². The van der Waals surface area contributed by atoms with Gasteiger partial charge in [-0.25, -0.2) is 9.67 Å². The van der Waals surface area contributed by atoms with Gasteiger partial charge < -0.3 is 14.8 Å². The van der Waals surface area contributed by atoms with Crippen LogP contribution in [0.3, 0.4) is 0 Å². The molecule has 3 atom stereocenters. The Morgan fingerprint density at radius 2 is 2.12 bits per heavy atom. The van der Waals surface area contributed by atoms with Crippen LogP contribution in [0, 0.1) is 17.8 Å². The molecule has 3 aromatic rings. The third kappa shape index (κ3) is 3.84. The molecule has 1 N–H and O–H groups in total. The highest BCUT2D eigenvalue weighted by Crippen LogP contribution is 2.42. The van der Waals surface area contributed by atoms with E-state index in [-0.39, 0.29) is 12.5 Å². The fourth-order valence-corrected chi connectivity index (χ4v) is 5.75. The highest BCUT2D eigenvalue weighted by molar-refractivity contribution is 7.07. The van der Waals surface area contributed by atoms with Crippen molar-refractivity contribution < 1.29 is 14.3 Å². The lowest BCUT2D eigenvalue weighted by Crippen LogP contribution is -2.25. The van der Waals surface area contributed by atoms with E-state index in [0.717, 1.165) is 28.2 Å². The molecule has 172 valence electrons. The molecule has 34 heavy (non-hydrogen) atoms. The second-order valence-corrected chi connectivity index (χ2v) is 9.59. The van der Waals surface area contributed by atoms with Gasteiger partial charge in [-0.3, -0.25) is 4.79 Å². The predicted molar refractivity (Wildman–Crippen MR) is 133 cm³/mol. The van der Waals surface area contributed by atoms with Crippen LogP contribution >= 0.6 is 11.3 Å². The number of para-hydroxylation sites is 2. The summed E-state index contributed by atoms with van der Waals surface area (Å²) < 4.78 is 12.9.